The number of carbonyl (C=O) groups is 2. The highest BCUT2D eigenvalue weighted by atomic mass is 32.2. The number of carboxylic acid groups (broad SMARTS) is 1. The van der Waals surface area contributed by atoms with Crippen LogP contribution in [-0.4, -0.2) is 27.1 Å². The van der Waals surface area contributed by atoms with Gasteiger partial charge in [-0.2, -0.15) is 0 Å². The molecule has 3 heterocycles. The number of nitrogens with one attached hydrogen (secondary N) is 1. The van der Waals surface area contributed by atoms with Gasteiger partial charge >= 0.3 is 5.97 Å². The van der Waals surface area contributed by atoms with E-state index in [2.05, 4.69) is 4.98 Å². The first-order valence-electron chi connectivity index (χ1n) is 7.69. The third kappa shape index (κ3) is 3.18. The molecule has 1 aliphatic heterocycles. The predicted octanol–water partition coefficient (Wildman–Crippen LogP) is 4.16. The van der Waals surface area contributed by atoms with Crippen LogP contribution in [0.3, 0.4) is 0 Å². The van der Waals surface area contributed by atoms with E-state index in [1.807, 2.05) is 0 Å². The predicted molar refractivity (Wildman–Crippen MR) is 104 cm³/mol. The highest BCUT2D eigenvalue weighted by molar-refractivity contribution is 8.19. The summed E-state index contributed by atoms with van der Waals surface area (Å²) in [5.74, 6) is -0.600. The van der Waals surface area contributed by atoms with Crippen molar-refractivity contribution in [2.45, 2.75) is 0 Å². The summed E-state index contributed by atoms with van der Waals surface area (Å²) in [6.45, 7) is 0. The first kappa shape index (κ1) is 17.3. The molecule has 9 heteroatoms. The van der Waals surface area contributed by atoms with Gasteiger partial charge in [-0.25, -0.2) is 14.7 Å². The molecule has 1 aromatic carbocycles. The lowest BCUT2D eigenvalue weighted by Gasteiger charge is -2.08. The van der Waals surface area contributed by atoms with Crippen molar-refractivity contribution >= 4 is 51.4 Å². The number of amidine groups is 1. The smallest absolute Gasteiger partial charge is 0.336 e. The molecule has 2 aromatic heterocycles. The average Bonchev–Trinajstić information content (AvgIpc) is 3.37. The van der Waals surface area contributed by atoms with E-state index in [4.69, 9.17) is 9.83 Å². The second-order valence-electron chi connectivity index (χ2n) is 5.42. The number of rotatable bonds is 4. The zero-order chi connectivity index (χ0) is 19.0. The molecule has 0 spiro atoms. The molecule has 1 amide bonds. The summed E-state index contributed by atoms with van der Waals surface area (Å²) in [7, 11) is 0. The number of nitrogens with zero attached hydrogens (tertiary/aromatic N) is 2. The maximum atomic E-state index is 12.6. The van der Waals surface area contributed by atoms with E-state index in [0.717, 1.165) is 11.8 Å². The van der Waals surface area contributed by atoms with Gasteiger partial charge in [0.15, 0.2) is 10.3 Å². The van der Waals surface area contributed by atoms with Crippen LogP contribution < -0.4 is 4.90 Å². The number of benzene rings is 1. The Balaban J connectivity index is 1.64. The van der Waals surface area contributed by atoms with Crippen LogP contribution in [0, 0.1) is 5.41 Å². The Hall–Kier alpha value is -3.17. The third-order valence-corrected chi connectivity index (χ3v) is 5.40. The summed E-state index contributed by atoms with van der Waals surface area (Å²) in [6.07, 6.45) is 3.12. The number of thioether (sulfide) groups is 1. The second-order valence-corrected chi connectivity index (χ2v) is 7.33. The summed E-state index contributed by atoms with van der Waals surface area (Å²) in [5.41, 5.74) is 0.589. The van der Waals surface area contributed by atoms with E-state index in [0.29, 0.717) is 27.1 Å². The van der Waals surface area contributed by atoms with Crippen molar-refractivity contribution in [1.82, 2.24) is 4.98 Å². The molecular weight excluding hydrogens is 386 g/mol. The summed E-state index contributed by atoms with van der Waals surface area (Å²) < 4.78 is 5.72. The normalized spacial score (nSPS) is 15.7. The van der Waals surface area contributed by atoms with Crippen LogP contribution in [0.15, 0.2) is 57.3 Å². The number of furan rings is 1. The molecule has 27 heavy (non-hydrogen) atoms. The van der Waals surface area contributed by atoms with Crippen LogP contribution >= 0.6 is 23.1 Å². The van der Waals surface area contributed by atoms with Crippen molar-refractivity contribution in [2.24, 2.45) is 0 Å². The fourth-order valence-corrected chi connectivity index (χ4v) is 4.10. The minimum Gasteiger partial charge on any atom is -0.478 e. The lowest BCUT2D eigenvalue weighted by Crippen LogP contribution is -2.27. The van der Waals surface area contributed by atoms with Gasteiger partial charge in [-0.05, 0) is 30.0 Å². The van der Waals surface area contributed by atoms with E-state index in [1.165, 1.54) is 22.3 Å². The second kappa shape index (κ2) is 6.86. The maximum absolute atomic E-state index is 12.6. The molecule has 7 nitrogen and oxygen atoms in total. The highest BCUT2D eigenvalue weighted by Gasteiger charge is 2.35. The monoisotopic (exact) mass is 397 g/mol. The Labute approximate surface area is 161 Å². The molecule has 0 atom stereocenters. The molecule has 4 rings (SSSR count). The van der Waals surface area contributed by atoms with Gasteiger partial charge in [-0.1, -0.05) is 18.2 Å². The summed E-state index contributed by atoms with van der Waals surface area (Å²) in [5, 5.41) is 19.6. The first-order valence-corrected chi connectivity index (χ1v) is 9.39. The minimum atomic E-state index is -1.05. The topological polar surface area (TPSA) is 107 Å². The van der Waals surface area contributed by atoms with Gasteiger partial charge in [-0.3, -0.25) is 10.2 Å². The number of carbonyl (C=O) groups excluding carboxylic acids is 1. The van der Waals surface area contributed by atoms with Crippen LogP contribution in [-0.2, 0) is 4.79 Å². The van der Waals surface area contributed by atoms with Gasteiger partial charge in [-0.15, -0.1) is 11.3 Å². The molecule has 0 unspecified atom stereocenters. The lowest BCUT2D eigenvalue weighted by molar-refractivity contribution is -0.113. The minimum absolute atomic E-state index is 0.0733. The molecule has 0 bridgehead atoms. The van der Waals surface area contributed by atoms with E-state index in [9.17, 15) is 14.7 Å². The Bertz CT molecular complexity index is 1090. The number of thiazole rings is 1. The van der Waals surface area contributed by atoms with Crippen LogP contribution in [0.25, 0.3) is 17.4 Å². The van der Waals surface area contributed by atoms with Crippen molar-refractivity contribution in [2.75, 3.05) is 4.90 Å². The molecule has 0 radical (unpaired) electrons. The number of anilines is 1. The standard InChI is InChI=1S/C18H11N3O4S2/c19-17-21(18-20-7-8-26-18)15(22)14(27-17)9-10-5-6-13(25-10)11-3-1-2-4-12(11)16(23)24/h1-9,19H,(H,23,24). The molecular formula is C18H11N3O4S2. The van der Waals surface area contributed by atoms with E-state index in [-0.39, 0.29) is 16.6 Å². The fourth-order valence-electron chi connectivity index (χ4n) is 2.58. The van der Waals surface area contributed by atoms with Crippen molar-refractivity contribution < 1.29 is 19.1 Å². The quantitative estimate of drug-likeness (QED) is 0.640. The lowest BCUT2D eigenvalue weighted by atomic mass is 10.1. The van der Waals surface area contributed by atoms with Crippen molar-refractivity contribution in [1.29, 1.82) is 5.41 Å². The SMILES string of the molecule is N=C1SC(=Cc2ccc(-c3ccccc3C(=O)O)o2)C(=O)N1c1nccs1. The molecule has 0 saturated carbocycles. The van der Waals surface area contributed by atoms with Crippen molar-refractivity contribution in [3.05, 3.63) is 64.2 Å². The summed E-state index contributed by atoms with van der Waals surface area (Å²) >= 11 is 2.30. The van der Waals surface area contributed by atoms with Crippen LogP contribution in [0.1, 0.15) is 16.1 Å². The van der Waals surface area contributed by atoms with Crippen molar-refractivity contribution in [3.63, 3.8) is 0 Å². The molecule has 1 aliphatic rings. The molecule has 2 N–H and O–H groups in total. The highest BCUT2D eigenvalue weighted by Crippen LogP contribution is 2.36. The number of amides is 1. The number of hydrogen-bond donors (Lipinski definition) is 2. The molecule has 134 valence electrons. The number of hydrogen-bond acceptors (Lipinski definition) is 7. The molecule has 1 fully saturated rings. The Morgan fingerprint density at radius 3 is 2.81 bits per heavy atom. The number of aromatic nitrogens is 1. The first-order chi connectivity index (χ1) is 13.0. The van der Waals surface area contributed by atoms with Gasteiger partial charge in [0.2, 0.25) is 0 Å². The Morgan fingerprint density at radius 1 is 1.26 bits per heavy atom. The fraction of sp³-hybridized carbons (Fsp3) is 0. The van der Waals surface area contributed by atoms with Crippen molar-refractivity contribution in [3.8, 4) is 11.3 Å². The molecule has 0 aliphatic carbocycles. The zero-order valence-electron chi connectivity index (χ0n) is 13.6. The summed E-state index contributed by atoms with van der Waals surface area (Å²) in [4.78, 5) is 29.6. The maximum Gasteiger partial charge on any atom is 0.336 e. The Kier molecular flexibility index (Phi) is 4.38. The van der Waals surface area contributed by atoms with Gasteiger partial charge in [0.1, 0.15) is 11.5 Å². The van der Waals surface area contributed by atoms with Gasteiger partial charge in [0.25, 0.3) is 5.91 Å². The van der Waals surface area contributed by atoms with Crippen LogP contribution in [0.5, 0.6) is 0 Å². The van der Waals surface area contributed by atoms with Gasteiger partial charge < -0.3 is 9.52 Å². The van der Waals surface area contributed by atoms with Gasteiger partial charge in [0.05, 0.1) is 10.5 Å². The van der Waals surface area contributed by atoms with E-state index < -0.39 is 5.97 Å². The average molecular weight is 397 g/mol. The van der Waals surface area contributed by atoms with Crippen LogP contribution in [0.2, 0.25) is 0 Å². The molecule has 3 aromatic rings. The largest absolute Gasteiger partial charge is 0.478 e. The third-order valence-electron chi connectivity index (χ3n) is 3.76. The van der Waals surface area contributed by atoms with E-state index in [1.54, 1.807) is 48.0 Å². The Morgan fingerprint density at radius 2 is 2.07 bits per heavy atom. The zero-order valence-corrected chi connectivity index (χ0v) is 15.2. The molecule has 1 saturated heterocycles. The summed E-state index contributed by atoms with van der Waals surface area (Å²) in [6, 6.07) is 9.85. The number of aromatic carboxylic acids is 1. The van der Waals surface area contributed by atoms with Gasteiger partial charge in [0, 0.05) is 23.2 Å². The van der Waals surface area contributed by atoms with E-state index >= 15 is 0 Å². The number of carboxylic acids is 1. The van der Waals surface area contributed by atoms with Crippen LogP contribution in [0.4, 0.5) is 5.13 Å².